The van der Waals surface area contributed by atoms with Gasteiger partial charge in [-0.2, -0.15) is 18.2 Å². The number of anilines is 1. The summed E-state index contributed by atoms with van der Waals surface area (Å²) in [5, 5.41) is -0.818. The highest BCUT2D eigenvalue weighted by Gasteiger charge is 2.38. The van der Waals surface area contributed by atoms with Gasteiger partial charge in [-0.3, -0.25) is 4.79 Å². The van der Waals surface area contributed by atoms with Gasteiger partial charge in [-0.1, -0.05) is 12.6 Å². The number of aromatic nitrogens is 4. The molecule has 2 atom stereocenters. The van der Waals surface area contributed by atoms with Crippen LogP contribution < -0.4 is 16.3 Å². The van der Waals surface area contributed by atoms with E-state index in [1.807, 2.05) is 0 Å². The third-order valence-electron chi connectivity index (χ3n) is 7.81. The molecule has 1 amide bonds. The molecule has 0 unspecified atom stereocenters. The van der Waals surface area contributed by atoms with Crippen molar-refractivity contribution in [2.75, 3.05) is 30.8 Å². The lowest BCUT2D eigenvalue weighted by atomic mass is 10.0. The second-order valence-electron chi connectivity index (χ2n) is 11.1. The Balaban J connectivity index is 1.93. The second kappa shape index (κ2) is 12.1. The first-order valence-corrected chi connectivity index (χ1v) is 15.9. The van der Waals surface area contributed by atoms with E-state index in [0.29, 0.717) is 16.7 Å². The van der Waals surface area contributed by atoms with Gasteiger partial charge in [0, 0.05) is 38.1 Å². The van der Waals surface area contributed by atoms with Crippen LogP contribution in [0, 0.1) is 18.6 Å². The number of carbonyl (C=O) groups is 1. The molecule has 4 heterocycles. The lowest BCUT2D eigenvalue weighted by Crippen LogP contribution is -2.61. The van der Waals surface area contributed by atoms with E-state index in [1.165, 1.54) is 24.1 Å². The first-order valence-electron chi connectivity index (χ1n) is 14.0. The molecule has 5 rings (SSSR count). The SMILES string of the molecule is C=CC(=O)N1C[C@H](CN)N(c2nc(=O)n(-c3c(C)ccnc3S(C)(=O)=O)c3nc(-c4c(F)cccc4C(F)(F)F)c(F)cc23)[C@@H](C)C1. The first kappa shape index (κ1) is 33.6. The number of amides is 1. The molecule has 1 aromatic carbocycles. The van der Waals surface area contributed by atoms with Gasteiger partial charge in [0.05, 0.1) is 28.2 Å². The van der Waals surface area contributed by atoms with Crippen LogP contribution >= 0.6 is 0 Å². The van der Waals surface area contributed by atoms with E-state index in [0.717, 1.165) is 24.5 Å². The van der Waals surface area contributed by atoms with Crippen LogP contribution in [0.15, 0.2) is 59.0 Å². The number of nitrogens with two attached hydrogens (primary N) is 1. The van der Waals surface area contributed by atoms with E-state index in [2.05, 4.69) is 21.5 Å². The van der Waals surface area contributed by atoms with Crippen molar-refractivity contribution < 1.29 is 35.2 Å². The van der Waals surface area contributed by atoms with E-state index in [-0.39, 0.29) is 48.0 Å². The molecule has 1 fully saturated rings. The zero-order chi connectivity index (χ0) is 34.6. The Morgan fingerprint density at radius 1 is 1.15 bits per heavy atom. The summed E-state index contributed by atoms with van der Waals surface area (Å²) in [6.07, 6.45) is -1.99. The van der Waals surface area contributed by atoms with Crippen LogP contribution in [-0.2, 0) is 20.8 Å². The number of carbonyl (C=O) groups excluding carboxylic acids is 1. The maximum absolute atomic E-state index is 16.0. The van der Waals surface area contributed by atoms with Crippen molar-refractivity contribution in [2.24, 2.45) is 5.73 Å². The monoisotopic (exact) mass is 677 g/mol. The van der Waals surface area contributed by atoms with Crippen LogP contribution in [0.2, 0.25) is 0 Å². The zero-order valence-corrected chi connectivity index (χ0v) is 26.0. The van der Waals surface area contributed by atoms with Gasteiger partial charge >= 0.3 is 11.9 Å². The highest BCUT2D eigenvalue weighted by Crippen LogP contribution is 2.40. The normalized spacial score (nSPS) is 17.3. The fourth-order valence-electron chi connectivity index (χ4n) is 5.81. The summed E-state index contributed by atoms with van der Waals surface area (Å²) in [6.45, 7) is 6.71. The fourth-order valence-corrected chi connectivity index (χ4v) is 6.67. The summed E-state index contributed by atoms with van der Waals surface area (Å²) < 4.78 is 99.6. The molecule has 3 aromatic heterocycles. The third-order valence-corrected chi connectivity index (χ3v) is 8.81. The van der Waals surface area contributed by atoms with Crippen molar-refractivity contribution in [1.29, 1.82) is 0 Å². The van der Waals surface area contributed by atoms with E-state index < -0.39 is 72.9 Å². The van der Waals surface area contributed by atoms with Crippen molar-refractivity contribution in [3.8, 4) is 16.9 Å². The van der Waals surface area contributed by atoms with Crippen LogP contribution in [0.5, 0.6) is 0 Å². The fraction of sp³-hybridized carbons (Fsp3) is 0.300. The van der Waals surface area contributed by atoms with Crippen molar-refractivity contribution >= 4 is 32.6 Å². The smallest absolute Gasteiger partial charge is 0.345 e. The van der Waals surface area contributed by atoms with Crippen molar-refractivity contribution in [1.82, 2.24) is 24.4 Å². The van der Waals surface area contributed by atoms with Crippen LogP contribution in [-0.4, -0.2) is 76.7 Å². The van der Waals surface area contributed by atoms with E-state index >= 15 is 8.78 Å². The predicted octanol–water partition coefficient (Wildman–Crippen LogP) is 3.40. The van der Waals surface area contributed by atoms with Crippen molar-refractivity contribution in [2.45, 2.75) is 37.1 Å². The topological polar surface area (TPSA) is 144 Å². The molecule has 1 aliphatic rings. The van der Waals surface area contributed by atoms with Gasteiger partial charge in [0.1, 0.15) is 17.3 Å². The number of sulfone groups is 1. The molecule has 17 heteroatoms. The Hall–Kier alpha value is -4.77. The molecular weight excluding hydrogens is 649 g/mol. The lowest BCUT2D eigenvalue weighted by molar-refractivity contribution is -0.137. The van der Waals surface area contributed by atoms with Crippen LogP contribution in [0.3, 0.4) is 0 Å². The van der Waals surface area contributed by atoms with Crippen LogP contribution in [0.1, 0.15) is 18.1 Å². The minimum atomic E-state index is -5.13. The number of hydrogen-bond donors (Lipinski definition) is 1. The number of benzene rings is 1. The molecule has 0 bridgehead atoms. The average molecular weight is 678 g/mol. The van der Waals surface area contributed by atoms with Gasteiger partial charge in [-0.15, -0.1) is 0 Å². The molecule has 4 aromatic rings. The number of nitrogens with zero attached hydrogens (tertiary/aromatic N) is 6. The average Bonchev–Trinajstić information content (AvgIpc) is 2.99. The van der Waals surface area contributed by atoms with Gasteiger partial charge in [0.15, 0.2) is 26.3 Å². The molecule has 1 aliphatic heterocycles. The highest BCUT2D eigenvalue weighted by atomic mass is 32.2. The van der Waals surface area contributed by atoms with Crippen molar-refractivity contribution in [3.63, 3.8) is 0 Å². The Labute approximate surface area is 265 Å². The van der Waals surface area contributed by atoms with Crippen LogP contribution in [0.25, 0.3) is 28.0 Å². The number of pyridine rings is 2. The Kier molecular flexibility index (Phi) is 8.65. The summed E-state index contributed by atoms with van der Waals surface area (Å²) in [5.41, 5.74) is 0.416. The number of rotatable bonds is 6. The summed E-state index contributed by atoms with van der Waals surface area (Å²) in [6, 6.07) is 2.92. The highest BCUT2D eigenvalue weighted by molar-refractivity contribution is 7.90. The molecule has 0 spiro atoms. The summed E-state index contributed by atoms with van der Waals surface area (Å²) in [5.74, 6) is -3.39. The zero-order valence-electron chi connectivity index (χ0n) is 25.2. The van der Waals surface area contributed by atoms with Crippen molar-refractivity contribution in [3.05, 3.63) is 82.4 Å². The largest absolute Gasteiger partial charge is 0.417 e. The lowest BCUT2D eigenvalue weighted by Gasteiger charge is -2.46. The number of fused-ring (bicyclic) bond motifs is 1. The molecule has 0 aliphatic carbocycles. The van der Waals surface area contributed by atoms with E-state index in [9.17, 15) is 31.2 Å². The number of piperazine rings is 1. The minimum Gasteiger partial charge on any atom is -0.345 e. The molecule has 2 N–H and O–H groups in total. The van der Waals surface area contributed by atoms with Crippen LogP contribution in [0.4, 0.5) is 27.8 Å². The van der Waals surface area contributed by atoms with Gasteiger partial charge < -0.3 is 15.5 Å². The predicted molar refractivity (Wildman–Crippen MR) is 163 cm³/mol. The minimum absolute atomic E-state index is 0.0516. The maximum Gasteiger partial charge on any atom is 0.417 e. The first-order chi connectivity index (χ1) is 22.0. The Morgan fingerprint density at radius 3 is 2.47 bits per heavy atom. The molecule has 47 heavy (non-hydrogen) atoms. The van der Waals surface area contributed by atoms with E-state index in [4.69, 9.17) is 5.73 Å². The molecule has 11 nitrogen and oxygen atoms in total. The van der Waals surface area contributed by atoms with Gasteiger partial charge in [0.2, 0.25) is 5.91 Å². The number of halogens is 5. The Bertz CT molecular complexity index is 2100. The van der Waals surface area contributed by atoms with Gasteiger partial charge in [-0.25, -0.2) is 36.5 Å². The quantitative estimate of drug-likeness (QED) is 0.240. The second-order valence-corrected chi connectivity index (χ2v) is 13.0. The summed E-state index contributed by atoms with van der Waals surface area (Å²) in [7, 11) is -4.14. The van der Waals surface area contributed by atoms with Gasteiger partial charge in [0.25, 0.3) is 0 Å². The number of alkyl halides is 3. The number of aryl methyl sites for hydroxylation is 1. The van der Waals surface area contributed by atoms with Gasteiger partial charge in [-0.05, 0) is 49.8 Å². The standard InChI is InChI=1S/C30H28F5N7O4S/c1-5-22(43)40-13-16(3)41(17(12-36)14-40)27-18-11-21(32)24(23-19(30(33,34)35)7-6-8-20(23)31)38-26(18)42(29(44)39-27)25-15(2)9-10-37-28(25)47(4,45)46/h5-11,16-17H,1,12-14,36H2,2-4H3/t16-,17-/m0/s1. The maximum atomic E-state index is 16.0. The summed E-state index contributed by atoms with van der Waals surface area (Å²) in [4.78, 5) is 41.7. The molecule has 0 radical (unpaired) electrons. The molecular formula is C30H28F5N7O4S. The molecule has 1 saturated heterocycles. The molecule has 248 valence electrons. The Morgan fingerprint density at radius 2 is 1.85 bits per heavy atom. The summed E-state index contributed by atoms with van der Waals surface area (Å²) >= 11 is 0. The number of hydrogen-bond acceptors (Lipinski definition) is 9. The third kappa shape index (κ3) is 5.95. The van der Waals surface area contributed by atoms with E-state index in [1.54, 1.807) is 11.8 Å². The molecule has 0 saturated carbocycles.